The predicted octanol–water partition coefficient (Wildman–Crippen LogP) is 4.82. The summed E-state index contributed by atoms with van der Waals surface area (Å²) >= 11 is 0. The summed E-state index contributed by atoms with van der Waals surface area (Å²) in [5.74, 6) is 1.40. The summed E-state index contributed by atoms with van der Waals surface area (Å²) in [4.78, 5) is 24.5. The van der Waals surface area contributed by atoms with Gasteiger partial charge in [0, 0.05) is 17.8 Å². The highest BCUT2D eigenvalue weighted by atomic mass is 16.5. The molecule has 0 aromatic heterocycles. The van der Waals surface area contributed by atoms with Crippen LogP contribution in [0.2, 0.25) is 0 Å². The van der Waals surface area contributed by atoms with E-state index in [-0.39, 0.29) is 18.4 Å². The van der Waals surface area contributed by atoms with Crippen molar-refractivity contribution >= 4 is 23.2 Å². The number of carbonyl (C=O) groups is 2. The molecular weight excluding hydrogens is 420 g/mol. The summed E-state index contributed by atoms with van der Waals surface area (Å²) in [6.45, 7) is 2.29. The van der Waals surface area contributed by atoms with Gasteiger partial charge in [-0.1, -0.05) is 30.3 Å². The number of para-hydroxylation sites is 2. The maximum absolute atomic E-state index is 12.3. The number of methoxy groups -OCH3 is 1. The van der Waals surface area contributed by atoms with E-state index in [1.165, 1.54) is 0 Å². The third-order valence-corrected chi connectivity index (χ3v) is 4.66. The first-order valence-corrected chi connectivity index (χ1v) is 10.7. The molecule has 0 saturated carbocycles. The van der Waals surface area contributed by atoms with Crippen LogP contribution in [0, 0.1) is 6.92 Å². The van der Waals surface area contributed by atoms with Gasteiger partial charge in [-0.05, 0) is 61.4 Å². The number of benzene rings is 3. The zero-order valence-electron chi connectivity index (χ0n) is 18.8. The smallest absolute Gasteiger partial charge is 0.262 e. The van der Waals surface area contributed by atoms with E-state index in [9.17, 15) is 9.59 Å². The van der Waals surface area contributed by atoms with E-state index in [4.69, 9.17) is 14.2 Å². The van der Waals surface area contributed by atoms with Crippen molar-refractivity contribution < 1.29 is 23.8 Å². The largest absolute Gasteiger partial charge is 0.494 e. The number of hydrogen-bond acceptors (Lipinski definition) is 5. The molecule has 0 saturated heterocycles. The lowest BCUT2D eigenvalue weighted by atomic mass is 10.2. The van der Waals surface area contributed by atoms with Crippen LogP contribution in [-0.4, -0.2) is 32.1 Å². The first-order chi connectivity index (χ1) is 16.0. The van der Waals surface area contributed by atoms with Crippen molar-refractivity contribution in [3.05, 3.63) is 78.4 Å². The molecule has 0 radical (unpaired) electrons. The highest BCUT2D eigenvalue weighted by Gasteiger charge is 2.09. The van der Waals surface area contributed by atoms with Gasteiger partial charge in [0.15, 0.2) is 18.1 Å². The van der Waals surface area contributed by atoms with Crippen LogP contribution in [0.15, 0.2) is 72.8 Å². The molecule has 3 aromatic rings. The summed E-state index contributed by atoms with van der Waals surface area (Å²) in [5, 5.41) is 5.60. The first-order valence-electron chi connectivity index (χ1n) is 10.7. The molecule has 7 nitrogen and oxygen atoms in total. The summed E-state index contributed by atoms with van der Waals surface area (Å²) in [5.41, 5.74) is 2.29. The minimum Gasteiger partial charge on any atom is -0.494 e. The fourth-order valence-corrected chi connectivity index (χ4v) is 3.10. The van der Waals surface area contributed by atoms with E-state index in [0.29, 0.717) is 42.3 Å². The molecular formula is C26H28N2O5. The lowest BCUT2D eigenvalue weighted by molar-refractivity contribution is -0.118. The fourth-order valence-electron chi connectivity index (χ4n) is 3.10. The third-order valence-electron chi connectivity index (χ3n) is 4.66. The standard InChI is InChI=1S/C26H28N2O5/c1-19-8-5-11-22(16-19)32-15-7-14-25(29)27-20-9-6-10-21(17-20)28-26(30)18-33-24-13-4-3-12-23(24)31-2/h3-6,8-13,16-17H,7,14-15,18H2,1-2H3,(H,27,29)(H,28,30). The fraction of sp³-hybridized carbons (Fsp3) is 0.231. The number of nitrogens with one attached hydrogen (secondary N) is 2. The molecule has 0 aliphatic carbocycles. The van der Waals surface area contributed by atoms with E-state index in [1.54, 1.807) is 49.6 Å². The maximum atomic E-state index is 12.3. The summed E-state index contributed by atoms with van der Waals surface area (Å²) < 4.78 is 16.4. The lowest BCUT2D eigenvalue weighted by Crippen LogP contribution is -2.20. The van der Waals surface area contributed by atoms with Crippen molar-refractivity contribution in [2.24, 2.45) is 0 Å². The summed E-state index contributed by atoms with van der Waals surface area (Å²) in [7, 11) is 1.54. The Morgan fingerprint density at radius 1 is 0.788 bits per heavy atom. The van der Waals surface area contributed by atoms with Crippen molar-refractivity contribution in [3.8, 4) is 17.2 Å². The number of ether oxygens (including phenoxy) is 3. The van der Waals surface area contributed by atoms with Gasteiger partial charge in [0.25, 0.3) is 5.91 Å². The van der Waals surface area contributed by atoms with Gasteiger partial charge in [0.05, 0.1) is 13.7 Å². The van der Waals surface area contributed by atoms with Crippen LogP contribution in [-0.2, 0) is 9.59 Å². The van der Waals surface area contributed by atoms with Gasteiger partial charge < -0.3 is 24.8 Å². The monoisotopic (exact) mass is 448 g/mol. The van der Waals surface area contributed by atoms with Crippen molar-refractivity contribution in [1.29, 1.82) is 0 Å². The van der Waals surface area contributed by atoms with Crippen molar-refractivity contribution in [3.63, 3.8) is 0 Å². The highest BCUT2D eigenvalue weighted by Crippen LogP contribution is 2.25. The summed E-state index contributed by atoms with van der Waals surface area (Å²) in [6.07, 6.45) is 0.922. The van der Waals surface area contributed by atoms with Crippen LogP contribution in [0.25, 0.3) is 0 Å². The zero-order chi connectivity index (χ0) is 23.5. The van der Waals surface area contributed by atoms with Crippen LogP contribution in [0.5, 0.6) is 17.2 Å². The normalized spacial score (nSPS) is 10.2. The van der Waals surface area contributed by atoms with Gasteiger partial charge in [-0.25, -0.2) is 0 Å². The van der Waals surface area contributed by atoms with Crippen LogP contribution in [0.4, 0.5) is 11.4 Å². The maximum Gasteiger partial charge on any atom is 0.262 e. The second-order valence-corrected chi connectivity index (χ2v) is 7.39. The topological polar surface area (TPSA) is 85.9 Å². The third kappa shape index (κ3) is 7.88. The Bertz CT molecular complexity index is 1080. The molecule has 0 fully saturated rings. The Labute approximate surface area is 193 Å². The average molecular weight is 449 g/mol. The van der Waals surface area contributed by atoms with Crippen molar-refractivity contribution in [2.75, 3.05) is 31.0 Å². The van der Waals surface area contributed by atoms with Gasteiger partial charge in [0.1, 0.15) is 5.75 Å². The van der Waals surface area contributed by atoms with Gasteiger partial charge in [-0.15, -0.1) is 0 Å². The predicted molar refractivity (Wildman–Crippen MR) is 128 cm³/mol. The van der Waals surface area contributed by atoms with Crippen LogP contribution < -0.4 is 24.8 Å². The number of carbonyl (C=O) groups excluding carboxylic acids is 2. The van der Waals surface area contributed by atoms with E-state index >= 15 is 0 Å². The minimum atomic E-state index is -0.322. The van der Waals surface area contributed by atoms with Gasteiger partial charge >= 0.3 is 0 Å². The SMILES string of the molecule is COc1ccccc1OCC(=O)Nc1cccc(NC(=O)CCCOc2cccc(C)c2)c1. The van der Waals surface area contributed by atoms with E-state index in [2.05, 4.69) is 10.6 Å². The second-order valence-electron chi connectivity index (χ2n) is 7.39. The lowest BCUT2D eigenvalue weighted by Gasteiger charge is -2.11. The molecule has 3 rings (SSSR count). The number of rotatable bonds is 11. The molecule has 33 heavy (non-hydrogen) atoms. The number of anilines is 2. The Balaban J connectivity index is 1.42. The minimum absolute atomic E-state index is 0.120. The molecule has 7 heteroatoms. The molecule has 0 aliphatic rings. The van der Waals surface area contributed by atoms with Crippen molar-refractivity contribution in [1.82, 2.24) is 0 Å². The van der Waals surface area contributed by atoms with Crippen LogP contribution >= 0.6 is 0 Å². The zero-order valence-corrected chi connectivity index (χ0v) is 18.8. The molecule has 3 aromatic carbocycles. The number of amides is 2. The molecule has 0 atom stereocenters. The van der Waals surface area contributed by atoms with E-state index in [1.807, 2.05) is 37.3 Å². The Kier molecular flexibility index (Phi) is 8.71. The molecule has 0 unspecified atom stereocenters. The molecule has 0 bridgehead atoms. The van der Waals surface area contributed by atoms with Crippen LogP contribution in [0.3, 0.4) is 0 Å². The van der Waals surface area contributed by atoms with Crippen LogP contribution in [0.1, 0.15) is 18.4 Å². The highest BCUT2D eigenvalue weighted by molar-refractivity contribution is 5.94. The second kappa shape index (κ2) is 12.1. The number of aryl methyl sites for hydroxylation is 1. The molecule has 0 heterocycles. The molecule has 172 valence electrons. The Morgan fingerprint density at radius 3 is 2.21 bits per heavy atom. The summed E-state index contributed by atoms with van der Waals surface area (Å²) in [6, 6.07) is 21.9. The number of hydrogen-bond donors (Lipinski definition) is 2. The molecule has 0 aliphatic heterocycles. The Morgan fingerprint density at radius 2 is 1.48 bits per heavy atom. The quantitative estimate of drug-likeness (QED) is 0.411. The average Bonchev–Trinajstić information content (AvgIpc) is 2.81. The molecule has 0 spiro atoms. The Hall–Kier alpha value is -4.00. The first kappa shape index (κ1) is 23.7. The van der Waals surface area contributed by atoms with Gasteiger partial charge in [-0.3, -0.25) is 9.59 Å². The molecule has 2 amide bonds. The van der Waals surface area contributed by atoms with E-state index < -0.39 is 0 Å². The molecule has 2 N–H and O–H groups in total. The van der Waals surface area contributed by atoms with Gasteiger partial charge in [-0.2, -0.15) is 0 Å². The van der Waals surface area contributed by atoms with E-state index in [0.717, 1.165) is 11.3 Å². The van der Waals surface area contributed by atoms with Crippen molar-refractivity contribution in [2.45, 2.75) is 19.8 Å². The van der Waals surface area contributed by atoms with Gasteiger partial charge in [0.2, 0.25) is 5.91 Å².